The number of hydrogen-bond acceptors (Lipinski definition) is 4. The molecule has 6 nitrogen and oxygen atoms in total. The predicted octanol–water partition coefficient (Wildman–Crippen LogP) is 3.01. The molecule has 2 rings (SSSR count). The zero-order valence-electron chi connectivity index (χ0n) is 14.9. The minimum absolute atomic E-state index is 0.145. The van der Waals surface area contributed by atoms with Crippen LogP contribution in [0.5, 0.6) is 11.5 Å². The van der Waals surface area contributed by atoms with E-state index in [4.69, 9.17) is 9.47 Å². The van der Waals surface area contributed by atoms with Crippen molar-refractivity contribution >= 4 is 11.8 Å². The van der Waals surface area contributed by atoms with Gasteiger partial charge >= 0.3 is 0 Å². The van der Waals surface area contributed by atoms with Crippen molar-refractivity contribution in [1.82, 2.24) is 10.9 Å². The molecule has 0 aliphatic carbocycles. The van der Waals surface area contributed by atoms with Gasteiger partial charge in [-0.1, -0.05) is 13.0 Å². The highest BCUT2D eigenvalue weighted by molar-refractivity contribution is 6.00. The quantitative estimate of drug-likeness (QED) is 0.777. The summed E-state index contributed by atoms with van der Waals surface area (Å²) in [6, 6.07) is 8.56. The van der Waals surface area contributed by atoms with E-state index in [2.05, 4.69) is 10.9 Å². The third-order valence-corrected chi connectivity index (χ3v) is 3.62. The summed E-state index contributed by atoms with van der Waals surface area (Å²) >= 11 is 0. The van der Waals surface area contributed by atoms with Crippen molar-refractivity contribution in [3.63, 3.8) is 0 Å². The molecule has 26 heavy (non-hydrogen) atoms. The molecule has 0 spiro atoms. The van der Waals surface area contributed by atoms with Crippen molar-refractivity contribution in [2.45, 2.75) is 20.3 Å². The minimum atomic E-state index is -0.606. The van der Waals surface area contributed by atoms with Gasteiger partial charge in [-0.05, 0) is 49.2 Å². The molecule has 7 heteroatoms. The van der Waals surface area contributed by atoms with Crippen molar-refractivity contribution in [2.24, 2.45) is 0 Å². The Kier molecular flexibility index (Phi) is 6.54. The van der Waals surface area contributed by atoms with Gasteiger partial charge in [0.1, 0.15) is 5.82 Å². The van der Waals surface area contributed by atoms with Crippen molar-refractivity contribution in [3.05, 3.63) is 58.9 Å². The number of carbonyl (C=O) groups is 2. The Morgan fingerprint density at radius 3 is 2.46 bits per heavy atom. The Bertz CT molecular complexity index is 808. The topological polar surface area (TPSA) is 76.7 Å². The lowest BCUT2D eigenvalue weighted by Gasteiger charge is -2.12. The van der Waals surface area contributed by atoms with Crippen LogP contribution in [-0.4, -0.2) is 25.5 Å². The fourth-order valence-electron chi connectivity index (χ4n) is 2.23. The van der Waals surface area contributed by atoms with Crippen LogP contribution in [0.15, 0.2) is 36.4 Å². The Labute approximate surface area is 151 Å². The lowest BCUT2D eigenvalue weighted by Crippen LogP contribution is -2.41. The first-order valence-corrected chi connectivity index (χ1v) is 8.14. The standard InChI is InChI=1S/C19H21FN2O4/c1-4-9-26-16-8-6-13(10-17(16)25-3)18(23)21-22-19(24)15-11-14(20)7-5-12(15)2/h5-8,10-11H,4,9H2,1-3H3,(H,21,23)(H,22,24). The molecule has 0 aliphatic rings. The molecule has 0 saturated heterocycles. The Morgan fingerprint density at radius 1 is 1.04 bits per heavy atom. The number of nitrogens with one attached hydrogen (secondary N) is 2. The number of hydrogen-bond donors (Lipinski definition) is 2. The highest BCUT2D eigenvalue weighted by Crippen LogP contribution is 2.28. The highest BCUT2D eigenvalue weighted by Gasteiger charge is 2.14. The van der Waals surface area contributed by atoms with E-state index in [1.807, 2.05) is 6.92 Å². The lowest BCUT2D eigenvalue weighted by molar-refractivity contribution is 0.0846. The summed E-state index contributed by atoms with van der Waals surface area (Å²) < 4.78 is 24.0. The van der Waals surface area contributed by atoms with Crippen LogP contribution in [0.2, 0.25) is 0 Å². The first kappa shape index (κ1) is 19.2. The number of halogens is 1. The van der Waals surface area contributed by atoms with Crippen LogP contribution in [0.3, 0.4) is 0 Å². The third-order valence-electron chi connectivity index (χ3n) is 3.62. The molecule has 2 aromatic carbocycles. The molecule has 2 aromatic rings. The molecule has 0 aromatic heterocycles. The zero-order valence-corrected chi connectivity index (χ0v) is 14.9. The molecular formula is C19H21FN2O4. The molecular weight excluding hydrogens is 339 g/mol. The molecule has 2 N–H and O–H groups in total. The van der Waals surface area contributed by atoms with Crippen molar-refractivity contribution in [3.8, 4) is 11.5 Å². The summed E-state index contributed by atoms with van der Waals surface area (Å²) in [5, 5.41) is 0. The molecule has 0 bridgehead atoms. The molecule has 138 valence electrons. The van der Waals surface area contributed by atoms with E-state index >= 15 is 0 Å². The maximum absolute atomic E-state index is 13.3. The maximum atomic E-state index is 13.3. The van der Waals surface area contributed by atoms with Gasteiger partial charge in [-0.25, -0.2) is 4.39 Å². The van der Waals surface area contributed by atoms with Gasteiger partial charge in [0.2, 0.25) is 0 Å². The molecule has 0 atom stereocenters. The van der Waals surface area contributed by atoms with Gasteiger partial charge in [-0.15, -0.1) is 0 Å². The molecule has 0 unspecified atom stereocenters. The summed E-state index contributed by atoms with van der Waals surface area (Å²) in [4.78, 5) is 24.3. The first-order chi connectivity index (χ1) is 12.5. The number of hydrazine groups is 1. The number of methoxy groups -OCH3 is 1. The number of carbonyl (C=O) groups excluding carboxylic acids is 2. The second kappa shape index (κ2) is 8.84. The van der Waals surface area contributed by atoms with Gasteiger partial charge in [-0.3, -0.25) is 20.4 Å². The van der Waals surface area contributed by atoms with Crippen molar-refractivity contribution < 1.29 is 23.5 Å². The highest BCUT2D eigenvalue weighted by atomic mass is 19.1. The number of ether oxygens (including phenoxy) is 2. The second-order valence-corrected chi connectivity index (χ2v) is 5.58. The summed E-state index contributed by atoms with van der Waals surface area (Å²) in [7, 11) is 1.48. The SMILES string of the molecule is CCCOc1ccc(C(=O)NNC(=O)c2cc(F)ccc2C)cc1OC. The maximum Gasteiger partial charge on any atom is 0.270 e. The minimum Gasteiger partial charge on any atom is -0.493 e. The van der Waals surface area contributed by atoms with Gasteiger partial charge in [0.15, 0.2) is 11.5 Å². The van der Waals surface area contributed by atoms with Crippen LogP contribution in [0.25, 0.3) is 0 Å². The van der Waals surface area contributed by atoms with Crippen molar-refractivity contribution in [2.75, 3.05) is 13.7 Å². The Hall–Kier alpha value is -3.09. The zero-order chi connectivity index (χ0) is 19.1. The van der Waals surface area contributed by atoms with E-state index in [9.17, 15) is 14.0 Å². The van der Waals surface area contributed by atoms with Crippen LogP contribution in [0.1, 0.15) is 39.6 Å². The molecule has 0 heterocycles. The Balaban J connectivity index is 2.05. The molecule has 2 amide bonds. The van der Waals surface area contributed by atoms with Crippen LogP contribution >= 0.6 is 0 Å². The molecule has 0 fully saturated rings. The fraction of sp³-hybridized carbons (Fsp3) is 0.263. The number of benzene rings is 2. The van der Waals surface area contributed by atoms with Gasteiger partial charge < -0.3 is 9.47 Å². The van der Waals surface area contributed by atoms with Gasteiger partial charge in [0.05, 0.1) is 13.7 Å². The van der Waals surface area contributed by atoms with Crippen LogP contribution in [0.4, 0.5) is 4.39 Å². The summed E-state index contributed by atoms with van der Waals surface area (Å²) in [5.74, 6) is -0.721. The summed E-state index contributed by atoms with van der Waals surface area (Å²) in [6.07, 6.45) is 0.844. The van der Waals surface area contributed by atoms with Crippen LogP contribution in [0, 0.1) is 12.7 Å². The Morgan fingerprint density at radius 2 is 1.77 bits per heavy atom. The fourth-order valence-corrected chi connectivity index (χ4v) is 2.23. The first-order valence-electron chi connectivity index (χ1n) is 8.14. The van der Waals surface area contributed by atoms with Crippen LogP contribution in [-0.2, 0) is 0 Å². The summed E-state index contributed by atoms with van der Waals surface area (Å²) in [6.45, 7) is 4.19. The smallest absolute Gasteiger partial charge is 0.270 e. The number of rotatable bonds is 6. The summed E-state index contributed by atoms with van der Waals surface area (Å²) in [5.41, 5.74) is 5.59. The normalized spacial score (nSPS) is 10.2. The van der Waals surface area contributed by atoms with Gasteiger partial charge in [-0.2, -0.15) is 0 Å². The van der Waals surface area contributed by atoms with Crippen LogP contribution < -0.4 is 20.3 Å². The van der Waals surface area contributed by atoms with E-state index in [0.717, 1.165) is 12.5 Å². The van der Waals surface area contributed by atoms with E-state index in [-0.39, 0.29) is 11.1 Å². The molecule has 0 radical (unpaired) electrons. The number of amides is 2. The average Bonchev–Trinajstić information content (AvgIpc) is 2.65. The van der Waals surface area contributed by atoms with Crippen molar-refractivity contribution in [1.29, 1.82) is 0 Å². The number of aryl methyl sites for hydroxylation is 1. The predicted molar refractivity (Wildman–Crippen MR) is 94.8 cm³/mol. The third kappa shape index (κ3) is 4.72. The van der Waals surface area contributed by atoms with E-state index in [1.54, 1.807) is 19.1 Å². The largest absolute Gasteiger partial charge is 0.493 e. The van der Waals surface area contributed by atoms with E-state index < -0.39 is 17.6 Å². The second-order valence-electron chi connectivity index (χ2n) is 5.58. The average molecular weight is 360 g/mol. The molecule has 0 aliphatic heterocycles. The van der Waals surface area contributed by atoms with E-state index in [1.165, 1.54) is 25.3 Å². The van der Waals surface area contributed by atoms with Gasteiger partial charge in [0.25, 0.3) is 11.8 Å². The molecule has 0 saturated carbocycles. The van der Waals surface area contributed by atoms with Gasteiger partial charge in [0, 0.05) is 11.1 Å². The lowest BCUT2D eigenvalue weighted by atomic mass is 10.1. The van der Waals surface area contributed by atoms with E-state index in [0.29, 0.717) is 23.7 Å². The monoisotopic (exact) mass is 360 g/mol.